The summed E-state index contributed by atoms with van der Waals surface area (Å²) in [6.07, 6.45) is 8.20. The van der Waals surface area contributed by atoms with Crippen LogP contribution >= 0.6 is 0 Å². The molecule has 6 rings (SSSR count). The van der Waals surface area contributed by atoms with E-state index in [4.69, 9.17) is 18.7 Å². The van der Waals surface area contributed by atoms with Crippen molar-refractivity contribution < 1.29 is 23.5 Å². The van der Waals surface area contributed by atoms with Crippen LogP contribution in [0.2, 0.25) is 0 Å². The predicted octanol–water partition coefficient (Wildman–Crippen LogP) is 4.40. The van der Waals surface area contributed by atoms with E-state index in [1.807, 2.05) is 6.07 Å². The van der Waals surface area contributed by atoms with E-state index in [0.717, 1.165) is 17.8 Å². The molecule has 0 amide bonds. The van der Waals surface area contributed by atoms with Gasteiger partial charge < -0.3 is 18.7 Å². The van der Waals surface area contributed by atoms with Crippen molar-refractivity contribution in [2.45, 2.75) is 51.6 Å². The molecule has 1 aromatic heterocycles. The summed E-state index contributed by atoms with van der Waals surface area (Å²) >= 11 is 0. The summed E-state index contributed by atoms with van der Waals surface area (Å²) in [7, 11) is 3.17. The Morgan fingerprint density at radius 2 is 1.80 bits per heavy atom. The molecule has 30 heavy (non-hydrogen) atoms. The molecule has 4 saturated carbocycles. The lowest BCUT2D eigenvalue weighted by Gasteiger charge is -2.56. The molecule has 1 heterocycles. The molecule has 0 atom stereocenters. The SMILES string of the molecule is COc1ccc(-c2noc(COC(=O)CC34CC5CC(CC(C5)C3)C4)n2)c(OC)c1. The lowest BCUT2D eigenvalue weighted by molar-refractivity contribution is -0.154. The van der Waals surface area contributed by atoms with E-state index < -0.39 is 0 Å². The fourth-order valence-corrected chi connectivity index (χ4v) is 6.41. The molecule has 0 spiro atoms. The van der Waals surface area contributed by atoms with Gasteiger partial charge in [-0.1, -0.05) is 5.16 Å². The maximum atomic E-state index is 12.6. The molecular formula is C23H28N2O5. The molecule has 4 aliphatic rings. The number of carbonyl (C=O) groups is 1. The molecule has 0 radical (unpaired) electrons. The Hall–Kier alpha value is -2.57. The van der Waals surface area contributed by atoms with Crippen molar-refractivity contribution in [1.29, 1.82) is 0 Å². The largest absolute Gasteiger partial charge is 0.497 e. The summed E-state index contributed by atoms with van der Waals surface area (Å²) in [6.45, 7) is -0.00330. The number of hydrogen-bond donors (Lipinski definition) is 0. The highest BCUT2D eigenvalue weighted by Crippen LogP contribution is 2.61. The Bertz CT molecular complexity index is 902. The van der Waals surface area contributed by atoms with Crippen molar-refractivity contribution in [3.8, 4) is 22.9 Å². The highest BCUT2D eigenvalue weighted by Gasteiger charge is 2.51. The molecular weight excluding hydrogens is 384 g/mol. The van der Waals surface area contributed by atoms with Crippen molar-refractivity contribution in [1.82, 2.24) is 10.1 Å². The minimum atomic E-state index is -0.154. The van der Waals surface area contributed by atoms with Gasteiger partial charge in [0.25, 0.3) is 5.89 Å². The zero-order chi connectivity index (χ0) is 20.7. The number of esters is 1. The van der Waals surface area contributed by atoms with Gasteiger partial charge in [-0.05, 0) is 73.8 Å². The van der Waals surface area contributed by atoms with Gasteiger partial charge in [-0.2, -0.15) is 4.98 Å². The highest BCUT2D eigenvalue weighted by molar-refractivity contribution is 5.70. The number of hydrogen-bond acceptors (Lipinski definition) is 7. The predicted molar refractivity (Wildman–Crippen MR) is 108 cm³/mol. The molecule has 4 bridgehead atoms. The Labute approximate surface area is 176 Å². The van der Waals surface area contributed by atoms with E-state index in [1.165, 1.54) is 38.5 Å². The molecule has 0 N–H and O–H groups in total. The first-order valence-corrected chi connectivity index (χ1v) is 10.8. The van der Waals surface area contributed by atoms with Gasteiger partial charge in [0, 0.05) is 6.07 Å². The minimum Gasteiger partial charge on any atom is -0.497 e. The molecule has 0 unspecified atom stereocenters. The molecule has 0 aliphatic heterocycles. The average Bonchev–Trinajstić information content (AvgIpc) is 3.19. The molecule has 2 aromatic rings. The second kappa shape index (κ2) is 7.60. The Kier molecular flexibility index (Phi) is 4.91. The second-order valence-electron chi connectivity index (χ2n) is 9.33. The van der Waals surface area contributed by atoms with E-state index in [2.05, 4.69) is 10.1 Å². The van der Waals surface area contributed by atoms with Crippen LogP contribution in [0.3, 0.4) is 0 Å². The third-order valence-electron chi connectivity index (χ3n) is 7.16. The van der Waals surface area contributed by atoms with Crippen molar-refractivity contribution >= 4 is 5.97 Å². The number of ether oxygens (including phenoxy) is 3. The summed E-state index contributed by atoms with van der Waals surface area (Å²) in [5.74, 6) is 4.24. The molecule has 160 valence electrons. The quantitative estimate of drug-likeness (QED) is 0.623. The lowest BCUT2D eigenvalue weighted by atomic mass is 9.49. The number of rotatable bonds is 7. The fraction of sp³-hybridized carbons (Fsp3) is 0.609. The van der Waals surface area contributed by atoms with E-state index in [0.29, 0.717) is 29.3 Å². The van der Waals surface area contributed by atoms with Crippen molar-refractivity contribution in [3.05, 3.63) is 24.1 Å². The Balaban J connectivity index is 1.21. The van der Waals surface area contributed by atoms with Crippen molar-refractivity contribution in [3.63, 3.8) is 0 Å². The van der Waals surface area contributed by atoms with Gasteiger partial charge in [0.1, 0.15) is 11.5 Å². The highest BCUT2D eigenvalue weighted by atomic mass is 16.6. The van der Waals surface area contributed by atoms with Crippen LogP contribution in [0.5, 0.6) is 11.5 Å². The number of carbonyl (C=O) groups excluding carboxylic acids is 1. The molecule has 0 saturated heterocycles. The van der Waals surface area contributed by atoms with Gasteiger partial charge in [-0.15, -0.1) is 0 Å². The Morgan fingerprint density at radius 1 is 1.10 bits per heavy atom. The van der Waals surface area contributed by atoms with Crippen LogP contribution in [0, 0.1) is 23.2 Å². The maximum Gasteiger partial charge on any atom is 0.306 e. The number of benzene rings is 1. The summed E-state index contributed by atoms with van der Waals surface area (Å²) in [5.41, 5.74) is 0.857. The third kappa shape index (κ3) is 3.66. The van der Waals surface area contributed by atoms with Crippen LogP contribution in [0.15, 0.2) is 22.7 Å². The molecule has 7 nitrogen and oxygen atoms in total. The van der Waals surface area contributed by atoms with Crippen LogP contribution in [-0.4, -0.2) is 30.3 Å². The molecule has 4 aliphatic carbocycles. The average molecular weight is 412 g/mol. The summed E-state index contributed by atoms with van der Waals surface area (Å²) in [6, 6.07) is 5.38. The third-order valence-corrected chi connectivity index (χ3v) is 7.16. The van der Waals surface area contributed by atoms with Gasteiger partial charge in [-0.25, -0.2) is 0 Å². The van der Waals surface area contributed by atoms with Crippen LogP contribution in [0.25, 0.3) is 11.4 Å². The maximum absolute atomic E-state index is 12.6. The van der Waals surface area contributed by atoms with E-state index >= 15 is 0 Å². The second-order valence-corrected chi connectivity index (χ2v) is 9.33. The number of methoxy groups -OCH3 is 2. The van der Waals surface area contributed by atoms with Gasteiger partial charge in [0.2, 0.25) is 5.82 Å². The zero-order valence-corrected chi connectivity index (χ0v) is 17.6. The van der Waals surface area contributed by atoms with Crippen molar-refractivity contribution in [2.75, 3.05) is 14.2 Å². The van der Waals surface area contributed by atoms with Crippen LogP contribution in [-0.2, 0) is 16.1 Å². The number of aromatic nitrogens is 2. The first kappa shape index (κ1) is 19.4. The lowest BCUT2D eigenvalue weighted by Crippen LogP contribution is -2.47. The zero-order valence-electron chi connectivity index (χ0n) is 17.6. The Morgan fingerprint density at radius 3 is 2.43 bits per heavy atom. The standard InChI is InChI=1S/C23H28N2O5/c1-27-17-3-4-18(19(8-17)28-2)22-24-20(30-25-22)13-29-21(26)12-23-9-14-5-15(10-23)7-16(6-14)11-23/h3-4,8,14-16H,5-7,9-13H2,1-2H3. The molecule has 1 aromatic carbocycles. The first-order chi connectivity index (χ1) is 14.6. The van der Waals surface area contributed by atoms with Gasteiger partial charge >= 0.3 is 5.97 Å². The summed E-state index contributed by atoms with van der Waals surface area (Å²) in [5, 5.41) is 4.01. The number of nitrogens with zero attached hydrogens (tertiary/aromatic N) is 2. The first-order valence-electron chi connectivity index (χ1n) is 10.8. The van der Waals surface area contributed by atoms with Crippen LogP contribution < -0.4 is 9.47 Å². The minimum absolute atomic E-state index is 0.00330. The molecule has 7 heteroatoms. The van der Waals surface area contributed by atoms with E-state index in [-0.39, 0.29) is 23.9 Å². The van der Waals surface area contributed by atoms with E-state index in [1.54, 1.807) is 26.4 Å². The van der Waals surface area contributed by atoms with E-state index in [9.17, 15) is 4.79 Å². The van der Waals surface area contributed by atoms with Crippen molar-refractivity contribution in [2.24, 2.45) is 23.2 Å². The smallest absolute Gasteiger partial charge is 0.306 e. The molecule has 4 fully saturated rings. The van der Waals surface area contributed by atoms with Crippen LogP contribution in [0.4, 0.5) is 0 Å². The topological polar surface area (TPSA) is 83.7 Å². The van der Waals surface area contributed by atoms with Gasteiger partial charge in [0.05, 0.1) is 26.2 Å². The van der Waals surface area contributed by atoms with Gasteiger partial charge in [-0.3, -0.25) is 4.79 Å². The monoisotopic (exact) mass is 412 g/mol. The normalized spacial score (nSPS) is 29.1. The summed E-state index contributed by atoms with van der Waals surface area (Å²) in [4.78, 5) is 17.0. The fourth-order valence-electron chi connectivity index (χ4n) is 6.41. The van der Waals surface area contributed by atoms with Crippen LogP contribution in [0.1, 0.15) is 50.8 Å². The van der Waals surface area contributed by atoms with Gasteiger partial charge in [0.15, 0.2) is 6.61 Å². The summed E-state index contributed by atoms with van der Waals surface area (Å²) < 4.78 is 21.4.